The van der Waals surface area contributed by atoms with Crippen molar-refractivity contribution in [3.63, 3.8) is 0 Å². The van der Waals surface area contributed by atoms with Gasteiger partial charge in [-0.2, -0.15) is 0 Å². The molecule has 0 aromatic carbocycles. The number of rotatable bonds is 0. The summed E-state index contributed by atoms with van der Waals surface area (Å²) in [6.07, 6.45) is 2.59. The van der Waals surface area contributed by atoms with Crippen LogP contribution in [0.1, 0.15) is 16.1 Å². The summed E-state index contributed by atoms with van der Waals surface area (Å²) in [6.45, 7) is 0. The molecule has 1 aliphatic heterocycles. The molecule has 2 heterocycles. The number of fused-ring (bicyclic) bond motifs is 1. The lowest BCUT2D eigenvalue weighted by Crippen LogP contribution is -2.08. The Morgan fingerprint density at radius 1 is 1.50 bits per heavy atom. The fraction of sp³-hybridized carbons (Fsp3) is 0.167. The fourth-order valence-electron chi connectivity index (χ4n) is 0.925. The molecule has 0 amide bonds. The zero-order valence-electron chi connectivity index (χ0n) is 5.62. The number of esters is 1. The lowest BCUT2D eigenvalue weighted by molar-refractivity contribution is 0.0444. The molecule has 0 aliphatic carbocycles. The summed E-state index contributed by atoms with van der Waals surface area (Å²) in [5.74, 6) is -0.627. The Kier molecular flexibility index (Phi) is 1.49. The second kappa shape index (κ2) is 2.31. The molecule has 0 spiro atoms. The molecule has 0 saturated carbocycles. The van der Waals surface area contributed by atoms with Gasteiger partial charge in [0.25, 0.3) is 4.52 Å². The van der Waals surface area contributed by atoms with E-state index in [0.29, 0.717) is 5.56 Å². The highest BCUT2D eigenvalue weighted by atomic mass is 35.5. The number of hydrogen-bond donors (Lipinski definition) is 0. The van der Waals surface area contributed by atoms with E-state index >= 15 is 0 Å². The highest BCUT2D eigenvalue weighted by molar-refractivity contribution is 6.48. The molecule has 2 rings (SSSR count). The minimum absolute atomic E-state index is 0.120. The Bertz CT molecular complexity index is 353. The Balaban J connectivity index is 2.66. The normalized spacial score (nSPS) is 18.7. The van der Waals surface area contributed by atoms with Gasteiger partial charge in [0.05, 0.1) is 5.56 Å². The minimum Gasteiger partial charge on any atom is -0.419 e. The first-order valence-corrected chi connectivity index (χ1v) is 3.78. The maximum absolute atomic E-state index is 11.0. The van der Waals surface area contributed by atoms with Gasteiger partial charge in [0.2, 0.25) is 0 Å². The van der Waals surface area contributed by atoms with Crippen molar-refractivity contribution >= 4 is 29.2 Å². The van der Waals surface area contributed by atoms with E-state index in [0.717, 1.165) is 0 Å². The van der Waals surface area contributed by atoms with Gasteiger partial charge in [0.15, 0.2) is 5.69 Å². The zero-order chi connectivity index (χ0) is 8.77. The second-order valence-electron chi connectivity index (χ2n) is 2.19. The van der Waals surface area contributed by atoms with Crippen molar-refractivity contribution in [2.75, 3.05) is 0 Å². The number of halogens is 2. The molecule has 12 heavy (non-hydrogen) atoms. The third-order valence-corrected chi connectivity index (χ3v) is 2.00. The second-order valence-corrected chi connectivity index (χ2v) is 3.45. The van der Waals surface area contributed by atoms with Crippen LogP contribution in [-0.4, -0.2) is 15.9 Å². The van der Waals surface area contributed by atoms with Crippen LogP contribution in [0.2, 0.25) is 0 Å². The molecule has 6 heteroatoms. The first-order chi connectivity index (χ1) is 5.61. The molecule has 0 radical (unpaired) electrons. The van der Waals surface area contributed by atoms with Crippen LogP contribution in [0, 0.1) is 0 Å². The van der Waals surface area contributed by atoms with Crippen LogP contribution in [0.15, 0.2) is 12.5 Å². The van der Waals surface area contributed by atoms with Crippen molar-refractivity contribution in [1.82, 2.24) is 9.97 Å². The van der Waals surface area contributed by atoms with Crippen LogP contribution in [0.3, 0.4) is 0 Å². The zero-order valence-corrected chi connectivity index (χ0v) is 7.13. The van der Waals surface area contributed by atoms with Gasteiger partial charge in [-0.25, -0.2) is 14.8 Å². The van der Waals surface area contributed by atoms with E-state index in [4.69, 9.17) is 23.2 Å². The van der Waals surface area contributed by atoms with E-state index in [1.165, 1.54) is 12.5 Å². The summed E-state index contributed by atoms with van der Waals surface area (Å²) < 4.78 is 2.98. The standard InChI is InChI=1S/C6H2Cl2N2O2/c7-6(8)3-1-9-2-10-4(3)5(11)12-6/h1-2H. The molecular weight excluding hydrogens is 203 g/mol. The van der Waals surface area contributed by atoms with Crippen molar-refractivity contribution in [3.8, 4) is 0 Å². The first-order valence-electron chi connectivity index (χ1n) is 3.03. The van der Waals surface area contributed by atoms with Gasteiger partial charge in [-0.1, -0.05) is 23.2 Å². The summed E-state index contributed by atoms with van der Waals surface area (Å²) in [5, 5.41) is 0. The third-order valence-electron chi connectivity index (χ3n) is 1.44. The minimum atomic E-state index is -1.63. The Hall–Kier alpha value is -0.870. The first kappa shape index (κ1) is 7.76. The largest absolute Gasteiger partial charge is 0.419 e. The lowest BCUT2D eigenvalue weighted by atomic mass is 10.3. The van der Waals surface area contributed by atoms with Gasteiger partial charge in [-0.05, 0) is 0 Å². The van der Waals surface area contributed by atoms with Gasteiger partial charge in [0, 0.05) is 6.20 Å². The van der Waals surface area contributed by atoms with Crippen LogP contribution in [-0.2, 0) is 9.26 Å². The number of cyclic esters (lactones) is 1. The van der Waals surface area contributed by atoms with Crippen LogP contribution < -0.4 is 0 Å². The Morgan fingerprint density at radius 2 is 2.25 bits per heavy atom. The van der Waals surface area contributed by atoms with Crippen molar-refractivity contribution < 1.29 is 9.53 Å². The van der Waals surface area contributed by atoms with Gasteiger partial charge in [0.1, 0.15) is 6.33 Å². The molecule has 0 unspecified atom stereocenters. The monoisotopic (exact) mass is 204 g/mol. The van der Waals surface area contributed by atoms with Crippen LogP contribution >= 0.6 is 23.2 Å². The van der Waals surface area contributed by atoms with Gasteiger partial charge in [-0.15, -0.1) is 0 Å². The van der Waals surface area contributed by atoms with Gasteiger partial charge < -0.3 is 4.74 Å². The summed E-state index contributed by atoms with van der Waals surface area (Å²) >= 11 is 11.3. The summed E-state index contributed by atoms with van der Waals surface area (Å²) in [6, 6.07) is 0. The number of alkyl halides is 2. The predicted octanol–water partition coefficient (Wildman–Crippen LogP) is 1.23. The molecule has 0 fully saturated rings. The van der Waals surface area contributed by atoms with E-state index in [-0.39, 0.29) is 5.69 Å². The quantitative estimate of drug-likeness (QED) is 0.472. The number of carbonyl (C=O) groups is 1. The molecule has 1 aromatic rings. The molecule has 0 N–H and O–H groups in total. The maximum atomic E-state index is 11.0. The number of hydrogen-bond acceptors (Lipinski definition) is 4. The summed E-state index contributed by atoms with van der Waals surface area (Å²) in [5.41, 5.74) is 0.410. The lowest BCUT2D eigenvalue weighted by Gasteiger charge is -2.09. The van der Waals surface area contributed by atoms with E-state index in [2.05, 4.69) is 14.7 Å². The maximum Gasteiger partial charge on any atom is 0.360 e. The van der Waals surface area contributed by atoms with Crippen LogP contribution in [0.5, 0.6) is 0 Å². The highest BCUT2D eigenvalue weighted by Gasteiger charge is 2.44. The van der Waals surface area contributed by atoms with Crippen molar-refractivity contribution in [3.05, 3.63) is 23.8 Å². The van der Waals surface area contributed by atoms with Crippen molar-refractivity contribution in [1.29, 1.82) is 0 Å². The summed E-state index contributed by atoms with van der Waals surface area (Å²) in [4.78, 5) is 18.4. The van der Waals surface area contributed by atoms with E-state index in [1.807, 2.05) is 0 Å². The van der Waals surface area contributed by atoms with E-state index < -0.39 is 10.5 Å². The van der Waals surface area contributed by atoms with Crippen LogP contribution in [0.4, 0.5) is 0 Å². The third kappa shape index (κ3) is 0.956. The predicted molar refractivity (Wildman–Crippen MR) is 40.8 cm³/mol. The fourth-order valence-corrected chi connectivity index (χ4v) is 1.34. The number of aromatic nitrogens is 2. The van der Waals surface area contributed by atoms with E-state index in [9.17, 15) is 4.79 Å². The average Bonchev–Trinajstić information content (AvgIpc) is 2.25. The number of ether oxygens (including phenoxy) is 1. The topological polar surface area (TPSA) is 52.1 Å². The molecular formula is C6H2Cl2N2O2. The van der Waals surface area contributed by atoms with Crippen molar-refractivity contribution in [2.24, 2.45) is 0 Å². The number of nitrogens with zero attached hydrogens (tertiary/aromatic N) is 2. The van der Waals surface area contributed by atoms with Gasteiger partial charge in [-0.3, -0.25) is 0 Å². The highest BCUT2D eigenvalue weighted by Crippen LogP contribution is 2.41. The van der Waals surface area contributed by atoms with Crippen LogP contribution in [0.25, 0.3) is 0 Å². The molecule has 0 bridgehead atoms. The Morgan fingerprint density at radius 3 is 2.92 bits per heavy atom. The van der Waals surface area contributed by atoms with Crippen molar-refractivity contribution in [2.45, 2.75) is 4.52 Å². The molecule has 0 saturated heterocycles. The van der Waals surface area contributed by atoms with Gasteiger partial charge >= 0.3 is 5.97 Å². The van der Waals surface area contributed by atoms with E-state index in [1.54, 1.807) is 0 Å². The Labute approximate surface area is 77.5 Å². The summed E-state index contributed by atoms with van der Waals surface area (Å²) in [7, 11) is 0. The SMILES string of the molecule is O=C1OC(Cl)(Cl)c2cncnc21. The molecule has 4 nitrogen and oxygen atoms in total. The smallest absolute Gasteiger partial charge is 0.360 e. The average molecular weight is 205 g/mol. The molecule has 1 aromatic heterocycles. The molecule has 62 valence electrons. The molecule has 0 atom stereocenters. The number of carbonyl (C=O) groups excluding carboxylic acids is 1. The molecule has 1 aliphatic rings.